The number of esters is 1. The molecule has 0 saturated carbocycles. The number of hydrogen-bond acceptors (Lipinski definition) is 8. The van der Waals surface area contributed by atoms with Crippen molar-refractivity contribution in [3.63, 3.8) is 0 Å². The van der Waals surface area contributed by atoms with E-state index in [0.29, 0.717) is 6.42 Å². The van der Waals surface area contributed by atoms with Crippen LogP contribution in [0.1, 0.15) is 68.1 Å². The van der Waals surface area contributed by atoms with Crippen LogP contribution in [0.25, 0.3) is 0 Å². The van der Waals surface area contributed by atoms with Crippen molar-refractivity contribution in [1.82, 2.24) is 19.8 Å². The van der Waals surface area contributed by atoms with Gasteiger partial charge in [-0.25, -0.2) is 22.4 Å². The van der Waals surface area contributed by atoms with Crippen LogP contribution in [-0.4, -0.2) is 85.2 Å². The third-order valence-corrected chi connectivity index (χ3v) is 11.5. The van der Waals surface area contributed by atoms with E-state index in [1.807, 2.05) is 51.1 Å². The molecule has 4 amide bonds. The van der Waals surface area contributed by atoms with E-state index in [2.05, 4.69) is 16.0 Å². The predicted molar refractivity (Wildman–Crippen MR) is 195 cm³/mol. The second kappa shape index (κ2) is 16.4. The molecule has 0 radical (unpaired) electrons. The van der Waals surface area contributed by atoms with Gasteiger partial charge in [-0.3, -0.25) is 9.59 Å². The highest BCUT2D eigenvalue weighted by atomic mass is 32.2. The maximum absolute atomic E-state index is 15.7. The molecule has 2 fully saturated rings. The van der Waals surface area contributed by atoms with E-state index in [0.717, 1.165) is 23.5 Å². The minimum atomic E-state index is -4.34. The Bertz CT molecular complexity index is 1920. The number of ether oxygens (including phenoxy) is 2. The van der Waals surface area contributed by atoms with Crippen molar-refractivity contribution >= 4 is 39.5 Å². The average Bonchev–Trinajstić information content (AvgIpc) is 3.48. The van der Waals surface area contributed by atoms with Crippen molar-refractivity contribution in [1.29, 1.82) is 0 Å². The van der Waals surface area contributed by atoms with Crippen LogP contribution in [0.15, 0.2) is 78.9 Å². The third kappa shape index (κ3) is 9.21. The standard InChI is InChI=1S/C38H46FN5O8S/c1-26(45)44-33(30-15-8-9-16-31(30)39)32(53(49,50)43-19-21-51-22-20-43)24-38(44,35(47)40-18-17-37(2,3)4)42-36(48)41-29-14-10-13-28(23-29)34(46)52-25-27-11-6-5-7-12-27/h5-16,23,32-33H,17-22,24-25H2,1-4H3,(H,40,47)(H2,41,42,48). The number of benzene rings is 3. The molecule has 53 heavy (non-hydrogen) atoms. The van der Waals surface area contributed by atoms with Gasteiger partial charge in [0.15, 0.2) is 5.66 Å². The van der Waals surface area contributed by atoms with Crippen LogP contribution in [-0.2, 0) is 35.7 Å². The number of amides is 4. The van der Waals surface area contributed by atoms with E-state index in [9.17, 15) is 27.6 Å². The number of carbonyl (C=O) groups is 4. The van der Waals surface area contributed by atoms with E-state index >= 15 is 4.39 Å². The van der Waals surface area contributed by atoms with Crippen LogP contribution in [0, 0.1) is 11.2 Å². The molecule has 2 aliphatic heterocycles. The molecule has 3 aromatic rings. The lowest BCUT2D eigenvalue weighted by molar-refractivity contribution is -0.147. The van der Waals surface area contributed by atoms with Gasteiger partial charge in [0.2, 0.25) is 15.9 Å². The Hall–Kier alpha value is -4.86. The van der Waals surface area contributed by atoms with Crippen LogP contribution in [0.4, 0.5) is 14.9 Å². The molecule has 5 rings (SSSR count). The van der Waals surface area contributed by atoms with Gasteiger partial charge in [0.1, 0.15) is 17.7 Å². The summed E-state index contributed by atoms with van der Waals surface area (Å²) in [6.07, 6.45) is -0.0770. The minimum absolute atomic E-state index is 0.0196. The summed E-state index contributed by atoms with van der Waals surface area (Å²) in [4.78, 5) is 56.0. The van der Waals surface area contributed by atoms with Crippen LogP contribution < -0.4 is 16.0 Å². The number of morpholine rings is 1. The summed E-state index contributed by atoms with van der Waals surface area (Å²) in [5, 5.41) is 6.51. The van der Waals surface area contributed by atoms with Gasteiger partial charge >= 0.3 is 12.0 Å². The highest BCUT2D eigenvalue weighted by molar-refractivity contribution is 7.89. The number of nitrogens with one attached hydrogen (secondary N) is 3. The van der Waals surface area contributed by atoms with Crippen LogP contribution >= 0.6 is 0 Å². The fourth-order valence-corrected chi connectivity index (χ4v) is 8.72. The summed E-state index contributed by atoms with van der Waals surface area (Å²) in [5.41, 5.74) is -1.55. The first kappa shape index (κ1) is 39.3. The summed E-state index contributed by atoms with van der Waals surface area (Å²) in [5.74, 6) is -3.04. The van der Waals surface area contributed by atoms with E-state index < -0.39 is 63.0 Å². The zero-order chi connectivity index (χ0) is 38.4. The first-order valence-electron chi connectivity index (χ1n) is 17.4. The van der Waals surface area contributed by atoms with E-state index in [1.54, 1.807) is 0 Å². The fourth-order valence-electron chi connectivity index (χ4n) is 6.63. The Labute approximate surface area is 309 Å². The van der Waals surface area contributed by atoms with Crippen molar-refractivity contribution in [2.75, 3.05) is 38.2 Å². The molecular formula is C38H46FN5O8S. The van der Waals surface area contributed by atoms with Gasteiger partial charge in [0.05, 0.1) is 24.8 Å². The molecule has 2 heterocycles. The van der Waals surface area contributed by atoms with Gasteiger partial charge in [0.25, 0.3) is 5.91 Å². The smallest absolute Gasteiger partial charge is 0.338 e. The largest absolute Gasteiger partial charge is 0.457 e. The molecule has 3 unspecified atom stereocenters. The number of likely N-dealkylation sites (tertiary alicyclic amines) is 1. The van der Waals surface area contributed by atoms with Crippen LogP contribution in [0.2, 0.25) is 0 Å². The molecule has 2 aliphatic rings. The highest BCUT2D eigenvalue weighted by Gasteiger charge is 2.63. The van der Waals surface area contributed by atoms with Gasteiger partial charge in [-0.15, -0.1) is 0 Å². The number of anilines is 1. The molecule has 3 atom stereocenters. The third-order valence-electron chi connectivity index (χ3n) is 9.24. The van der Waals surface area contributed by atoms with Crippen molar-refractivity contribution in [2.24, 2.45) is 5.41 Å². The van der Waals surface area contributed by atoms with Gasteiger partial charge in [-0.2, -0.15) is 4.31 Å². The monoisotopic (exact) mass is 751 g/mol. The van der Waals surface area contributed by atoms with Crippen molar-refractivity contribution in [3.05, 3.63) is 101 Å². The molecule has 0 bridgehead atoms. The molecule has 0 aromatic heterocycles. The normalized spacial score (nSPS) is 20.7. The molecule has 2 saturated heterocycles. The van der Waals surface area contributed by atoms with Crippen LogP contribution in [0.3, 0.4) is 0 Å². The van der Waals surface area contributed by atoms with Gasteiger partial charge in [-0.1, -0.05) is 75.4 Å². The van der Waals surface area contributed by atoms with Crippen molar-refractivity contribution in [3.8, 4) is 0 Å². The number of carbonyl (C=O) groups excluding carboxylic acids is 4. The second-order valence-corrected chi connectivity index (χ2v) is 16.5. The highest BCUT2D eigenvalue weighted by Crippen LogP contribution is 2.47. The maximum Gasteiger partial charge on any atom is 0.338 e. The Morgan fingerprint density at radius 1 is 0.962 bits per heavy atom. The SMILES string of the molecule is CC(=O)N1C(c2ccccc2F)C(S(=O)(=O)N2CCOCC2)CC1(NC(=O)Nc1cccc(C(=O)OCc2ccccc2)c1)C(=O)NCCC(C)(C)C. The zero-order valence-corrected chi connectivity index (χ0v) is 31.1. The molecule has 3 aromatic carbocycles. The van der Waals surface area contributed by atoms with E-state index in [1.165, 1.54) is 46.8 Å². The Balaban J connectivity index is 1.51. The predicted octanol–water partition coefficient (Wildman–Crippen LogP) is 4.58. The Morgan fingerprint density at radius 2 is 1.64 bits per heavy atom. The second-order valence-electron chi connectivity index (χ2n) is 14.3. The Kier molecular flexibility index (Phi) is 12.2. The van der Waals surface area contributed by atoms with Gasteiger partial charge in [-0.05, 0) is 41.7 Å². The fraction of sp³-hybridized carbons (Fsp3) is 0.421. The average molecular weight is 752 g/mol. The van der Waals surface area contributed by atoms with Crippen LogP contribution in [0.5, 0.6) is 0 Å². The lowest BCUT2D eigenvalue weighted by Crippen LogP contribution is -2.67. The lowest BCUT2D eigenvalue weighted by Gasteiger charge is -2.40. The summed E-state index contributed by atoms with van der Waals surface area (Å²) in [7, 11) is -4.34. The van der Waals surface area contributed by atoms with E-state index in [4.69, 9.17) is 9.47 Å². The van der Waals surface area contributed by atoms with Crippen molar-refractivity contribution in [2.45, 2.75) is 64.1 Å². The molecule has 3 N–H and O–H groups in total. The minimum Gasteiger partial charge on any atom is -0.457 e. The summed E-state index contributed by atoms with van der Waals surface area (Å²) in [6, 6.07) is 18.0. The number of hydrogen-bond donors (Lipinski definition) is 3. The zero-order valence-electron chi connectivity index (χ0n) is 30.3. The molecule has 284 valence electrons. The molecule has 0 aliphatic carbocycles. The molecule has 13 nitrogen and oxygen atoms in total. The Morgan fingerprint density at radius 3 is 2.30 bits per heavy atom. The first-order valence-corrected chi connectivity index (χ1v) is 18.9. The number of sulfonamides is 1. The summed E-state index contributed by atoms with van der Waals surface area (Å²) >= 11 is 0. The first-order chi connectivity index (χ1) is 25.1. The molecule has 0 spiro atoms. The number of rotatable bonds is 11. The van der Waals surface area contributed by atoms with Gasteiger partial charge < -0.3 is 30.3 Å². The lowest BCUT2D eigenvalue weighted by atomic mass is 9.92. The topological polar surface area (TPSA) is 163 Å². The molecule has 15 heteroatoms. The van der Waals surface area contributed by atoms with Crippen molar-refractivity contribution < 1.29 is 41.5 Å². The van der Waals surface area contributed by atoms with E-state index in [-0.39, 0.29) is 61.7 Å². The molecular weight excluding hydrogens is 706 g/mol. The number of nitrogens with zero attached hydrogens (tertiary/aromatic N) is 2. The maximum atomic E-state index is 15.7. The number of halogens is 1. The van der Waals surface area contributed by atoms with Gasteiger partial charge in [0, 0.05) is 44.2 Å². The quantitative estimate of drug-likeness (QED) is 0.240. The summed E-state index contributed by atoms with van der Waals surface area (Å²) < 4.78 is 56.6. The number of urea groups is 1. The summed E-state index contributed by atoms with van der Waals surface area (Å²) in [6.45, 7) is 7.53.